The number of hydrogen-bond acceptors (Lipinski definition) is 4. The lowest BCUT2D eigenvalue weighted by Gasteiger charge is -2.14. The zero-order valence-corrected chi connectivity index (χ0v) is 11.3. The summed E-state index contributed by atoms with van der Waals surface area (Å²) < 4.78 is 5.35. The van der Waals surface area contributed by atoms with Crippen molar-refractivity contribution in [3.63, 3.8) is 0 Å². The van der Waals surface area contributed by atoms with Crippen LogP contribution in [0.1, 0.15) is 37.4 Å². The quantitative estimate of drug-likeness (QED) is 0.820. The van der Waals surface area contributed by atoms with Gasteiger partial charge in [0.05, 0.1) is 12.8 Å². The molecule has 0 bridgehead atoms. The van der Waals surface area contributed by atoms with Crippen LogP contribution in [0.5, 0.6) is 5.88 Å². The van der Waals surface area contributed by atoms with Crippen molar-refractivity contribution in [1.82, 2.24) is 9.97 Å². The SMILES string of the molecule is COc1nc(C)nc(CC(C)C)c1CCCN. The molecule has 2 N–H and O–H groups in total. The summed E-state index contributed by atoms with van der Waals surface area (Å²) in [5.41, 5.74) is 7.80. The molecular formula is C13H23N3O. The topological polar surface area (TPSA) is 61.0 Å². The van der Waals surface area contributed by atoms with Crippen LogP contribution in [-0.4, -0.2) is 23.6 Å². The van der Waals surface area contributed by atoms with Crippen LogP contribution < -0.4 is 10.5 Å². The Morgan fingerprint density at radius 3 is 2.53 bits per heavy atom. The minimum atomic E-state index is 0.575. The van der Waals surface area contributed by atoms with Gasteiger partial charge in [-0.25, -0.2) is 4.98 Å². The van der Waals surface area contributed by atoms with Crippen molar-refractivity contribution in [2.45, 2.75) is 40.0 Å². The van der Waals surface area contributed by atoms with Gasteiger partial charge in [0.25, 0.3) is 0 Å². The van der Waals surface area contributed by atoms with E-state index >= 15 is 0 Å². The molecule has 0 amide bonds. The molecule has 0 fully saturated rings. The maximum Gasteiger partial charge on any atom is 0.219 e. The van der Waals surface area contributed by atoms with E-state index in [0.29, 0.717) is 18.3 Å². The normalized spacial score (nSPS) is 10.9. The summed E-state index contributed by atoms with van der Waals surface area (Å²) in [6, 6.07) is 0. The van der Waals surface area contributed by atoms with Crippen molar-refractivity contribution < 1.29 is 4.74 Å². The third-order valence-electron chi connectivity index (χ3n) is 2.59. The minimum absolute atomic E-state index is 0.575. The third-order valence-corrected chi connectivity index (χ3v) is 2.59. The van der Waals surface area contributed by atoms with Crippen molar-refractivity contribution in [3.05, 3.63) is 17.1 Å². The molecule has 1 aromatic heterocycles. The maximum atomic E-state index is 5.57. The molecule has 96 valence electrons. The number of nitrogens with two attached hydrogens (primary N) is 1. The van der Waals surface area contributed by atoms with Gasteiger partial charge in [-0.1, -0.05) is 13.8 Å². The van der Waals surface area contributed by atoms with Crippen LogP contribution in [0.25, 0.3) is 0 Å². The number of hydrogen-bond donors (Lipinski definition) is 1. The molecule has 4 heteroatoms. The molecule has 0 aromatic carbocycles. The molecule has 4 nitrogen and oxygen atoms in total. The first-order valence-corrected chi connectivity index (χ1v) is 6.19. The van der Waals surface area contributed by atoms with Crippen LogP contribution in [0, 0.1) is 12.8 Å². The highest BCUT2D eigenvalue weighted by Crippen LogP contribution is 2.22. The first kappa shape index (κ1) is 13.9. The molecule has 1 aromatic rings. The molecule has 1 heterocycles. The fraction of sp³-hybridized carbons (Fsp3) is 0.692. The first-order chi connectivity index (χ1) is 8.08. The second-order valence-electron chi connectivity index (χ2n) is 4.70. The summed E-state index contributed by atoms with van der Waals surface area (Å²) in [6.07, 6.45) is 2.79. The number of methoxy groups -OCH3 is 1. The van der Waals surface area contributed by atoms with Crippen LogP contribution in [0.4, 0.5) is 0 Å². The van der Waals surface area contributed by atoms with E-state index in [1.54, 1.807) is 7.11 Å². The van der Waals surface area contributed by atoms with E-state index in [0.717, 1.165) is 36.3 Å². The van der Waals surface area contributed by atoms with Gasteiger partial charge in [-0.15, -0.1) is 0 Å². The smallest absolute Gasteiger partial charge is 0.219 e. The van der Waals surface area contributed by atoms with E-state index in [2.05, 4.69) is 23.8 Å². The van der Waals surface area contributed by atoms with Crippen LogP contribution in [0.15, 0.2) is 0 Å². The predicted molar refractivity (Wildman–Crippen MR) is 69.2 cm³/mol. The molecule has 0 atom stereocenters. The molecule has 0 saturated heterocycles. The highest BCUT2D eigenvalue weighted by molar-refractivity contribution is 5.31. The van der Waals surface area contributed by atoms with E-state index in [1.165, 1.54) is 0 Å². The Bertz CT molecular complexity index is 364. The lowest BCUT2D eigenvalue weighted by atomic mass is 10.0. The fourth-order valence-corrected chi connectivity index (χ4v) is 1.88. The van der Waals surface area contributed by atoms with Gasteiger partial charge in [0.1, 0.15) is 5.82 Å². The summed E-state index contributed by atoms with van der Waals surface area (Å²) in [5.74, 6) is 2.06. The summed E-state index contributed by atoms with van der Waals surface area (Å²) in [6.45, 7) is 6.96. The second kappa shape index (κ2) is 6.55. The molecular weight excluding hydrogens is 214 g/mol. The number of aromatic nitrogens is 2. The summed E-state index contributed by atoms with van der Waals surface area (Å²) in [7, 11) is 1.66. The van der Waals surface area contributed by atoms with Crippen molar-refractivity contribution in [2.75, 3.05) is 13.7 Å². The van der Waals surface area contributed by atoms with Crippen molar-refractivity contribution >= 4 is 0 Å². The van der Waals surface area contributed by atoms with Crippen molar-refractivity contribution in [2.24, 2.45) is 11.7 Å². The van der Waals surface area contributed by atoms with E-state index in [9.17, 15) is 0 Å². The highest BCUT2D eigenvalue weighted by Gasteiger charge is 2.14. The van der Waals surface area contributed by atoms with Gasteiger partial charge >= 0.3 is 0 Å². The standard InChI is InChI=1S/C13H23N3O/c1-9(2)8-12-11(6-5-7-14)13(17-4)16-10(3)15-12/h9H,5-8,14H2,1-4H3. The van der Waals surface area contributed by atoms with Gasteiger partial charge in [-0.2, -0.15) is 4.98 Å². The molecule has 0 radical (unpaired) electrons. The fourth-order valence-electron chi connectivity index (χ4n) is 1.88. The van der Waals surface area contributed by atoms with Gasteiger partial charge in [-0.3, -0.25) is 0 Å². The molecule has 0 aliphatic heterocycles. The molecule has 0 aliphatic rings. The number of rotatable bonds is 6. The predicted octanol–water partition coefficient (Wildman–Crippen LogP) is 1.88. The van der Waals surface area contributed by atoms with Crippen LogP contribution in [0.3, 0.4) is 0 Å². The zero-order chi connectivity index (χ0) is 12.8. The van der Waals surface area contributed by atoms with Gasteiger partial charge in [0.15, 0.2) is 0 Å². The molecule has 0 unspecified atom stereocenters. The average molecular weight is 237 g/mol. The monoisotopic (exact) mass is 237 g/mol. The number of nitrogens with zero attached hydrogens (tertiary/aromatic N) is 2. The first-order valence-electron chi connectivity index (χ1n) is 6.19. The third kappa shape index (κ3) is 3.97. The highest BCUT2D eigenvalue weighted by atomic mass is 16.5. The number of aryl methyl sites for hydroxylation is 1. The van der Waals surface area contributed by atoms with Gasteiger partial charge in [0, 0.05) is 5.56 Å². The lowest BCUT2D eigenvalue weighted by Crippen LogP contribution is -2.10. The zero-order valence-electron chi connectivity index (χ0n) is 11.3. The van der Waals surface area contributed by atoms with Gasteiger partial charge in [-0.05, 0) is 38.6 Å². The van der Waals surface area contributed by atoms with E-state index in [4.69, 9.17) is 10.5 Å². The Morgan fingerprint density at radius 1 is 1.29 bits per heavy atom. The molecule has 0 saturated carbocycles. The Morgan fingerprint density at radius 2 is 2.00 bits per heavy atom. The summed E-state index contributed by atoms with van der Waals surface area (Å²) >= 11 is 0. The van der Waals surface area contributed by atoms with Gasteiger partial charge in [0.2, 0.25) is 5.88 Å². The number of ether oxygens (including phenoxy) is 1. The Kier molecular flexibility index (Phi) is 5.35. The van der Waals surface area contributed by atoms with Crippen molar-refractivity contribution in [1.29, 1.82) is 0 Å². The Hall–Kier alpha value is -1.16. The summed E-state index contributed by atoms with van der Waals surface area (Å²) in [4.78, 5) is 8.88. The van der Waals surface area contributed by atoms with E-state index < -0.39 is 0 Å². The average Bonchev–Trinajstić information content (AvgIpc) is 2.26. The molecule has 17 heavy (non-hydrogen) atoms. The molecule has 0 spiro atoms. The van der Waals surface area contributed by atoms with Crippen LogP contribution in [-0.2, 0) is 12.8 Å². The van der Waals surface area contributed by atoms with Crippen LogP contribution >= 0.6 is 0 Å². The second-order valence-corrected chi connectivity index (χ2v) is 4.70. The Labute approximate surface area is 104 Å². The van der Waals surface area contributed by atoms with E-state index in [1.807, 2.05) is 6.92 Å². The molecule has 0 aliphatic carbocycles. The summed E-state index contributed by atoms with van der Waals surface area (Å²) in [5, 5.41) is 0. The largest absolute Gasteiger partial charge is 0.481 e. The molecule has 1 rings (SSSR count). The van der Waals surface area contributed by atoms with E-state index in [-0.39, 0.29) is 0 Å². The van der Waals surface area contributed by atoms with Gasteiger partial charge < -0.3 is 10.5 Å². The maximum absolute atomic E-state index is 5.57. The van der Waals surface area contributed by atoms with Crippen molar-refractivity contribution in [3.8, 4) is 5.88 Å². The lowest BCUT2D eigenvalue weighted by molar-refractivity contribution is 0.387. The van der Waals surface area contributed by atoms with Crippen LogP contribution in [0.2, 0.25) is 0 Å². The minimum Gasteiger partial charge on any atom is -0.481 e. The Balaban J connectivity index is 3.08.